The third-order valence-electron chi connectivity index (χ3n) is 6.80. The smallest absolute Gasteiger partial charge is 0.407 e. The van der Waals surface area contributed by atoms with E-state index in [0.29, 0.717) is 34.8 Å². The van der Waals surface area contributed by atoms with Crippen molar-refractivity contribution >= 4 is 23.0 Å². The van der Waals surface area contributed by atoms with Crippen LogP contribution in [0.15, 0.2) is 36.8 Å². The van der Waals surface area contributed by atoms with Crippen LogP contribution >= 0.6 is 0 Å². The van der Waals surface area contributed by atoms with Crippen molar-refractivity contribution in [3.63, 3.8) is 0 Å². The zero-order valence-corrected chi connectivity index (χ0v) is 21.7. The van der Waals surface area contributed by atoms with Gasteiger partial charge in [-0.15, -0.1) is 0 Å². The number of nitrogens with one attached hydrogen (secondary N) is 3. The van der Waals surface area contributed by atoms with Crippen LogP contribution in [0.5, 0.6) is 5.75 Å². The molecule has 0 aliphatic heterocycles. The first-order chi connectivity index (χ1) is 17.8. The van der Waals surface area contributed by atoms with Crippen molar-refractivity contribution in [3.8, 4) is 17.0 Å². The SMILES string of the molecule is CC(C)(C)OC(=O)NC1CCC(NC(=O)c2c[nH]c3c(-c4ccccc4OCC4CC4)ncnc23)CC1. The molecule has 0 saturated heterocycles. The summed E-state index contributed by atoms with van der Waals surface area (Å²) in [4.78, 5) is 37.4. The topological polar surface area (TPSA) is 118 Å². The first-order valence-corrected chi connectivity index (χ1v) is 13.1. The van der Waals surface area contributed by atoms with E-state index in [9.17, 15) is 9.59 Å². The van der Waals surface area contributed by atoms with Gasteiger partial charge in [-0.2, -0.15) is 0 Å². The number of nitrogens with zero attached hydrogens (tertiary/aromatic N) is 2. The highest BCUT2D eigenvalue weighted by atomic mass is 16.6. The van der Waals surface area contributed by atoms with E-state index in [1.165, 1.54) is 19.2 Å². The van der Waals surface area contributed by atoms with E-state index in [1.807, 2.05) is 45.0 Å². The molecule has 2 aromatic heterocycles. The lowest BCUT2D eigenvalue weighted by Crippen LogP contribution is -2.45. The third-order valence-corrected chi connectivity index (χ3v) is 6.80. The predicted octanol–water partition coefficient (Wildman–Crippen LogP) is 4.98. The minimum Gasteiger partial charge on any atom is -0.493 e. The van der Waals surface area contributed by atoms with Crippen molar-refractivity contribution in [1.29, 1.82) is 0 Å². The molecule has 5 rings (SSSR count). The van der Waals surface area contributed by atoms with Gasteiger partial charge in [0.2, 0.25) is 0 Å². The Kier molecular flexibility index (Phi) is 7.04. The van der Waals surface area contributed by atoms with Crippen LogP contribution in [0.1, 0.15) is 69.7 Å². The van der Waals surface area contributed by atoms with Crippen LogP contribution in [0.3, 0.4) is 0 Å². The molecule has 196 valence electrons. The molecule has 37 heavy (non-hydrogen) atoms. The van der Waals surface area contributed by atoms with E-state index >= 15 is 0 Å². The lowest BCUT2D eigenvalue weighted by atomic mass is 9.91. The van der Waals surface area contributed by atoms with Crippen molar-refractivity contribution < 1.29 is 19.1 Å². The number of hydrogen-bond donors (Lipinski definition) is 3. The van der Waals surface area contributed by atoms with E-state index in [4.69, 9.17) is 9.47 Å². The first-order valence-electron chi connectivity index (χ1n) is 13.1. The number of carbonyl (C=O) groups excluding carboxylic acids is 2. The Labute approximate surface area is 216 Å². The average Bonchev–Trinajstić information content (AvgIpc) is 3.58. The largest absolute Gasteiger partial charge is 0.493 e. The van der Waals surface area contributed by atoms with E-state index in [2.05, 4.69) is 25.6 Å². The van der Waals surface area contributed by atoms with Gasteiger partial charge in [-0.1, -0.05) is 12.1 Å². The minimum absolute atomic E-state index is 0.0343. The number of fused-ring (bicyclic) bond motifs is 1. The van der Waals surface area contributed by atoms with Crippen LogP contribution in [0.2, 0.25) is 0 Å². The zero-order chi connectivity index (χ0) is 26.0. The summed E-state index contributed by atoms with van der Waals surface area (Å²) >= 11 is 0. The summed E-state index contributed by atoms with van der Waals surface area (Å²) in [6, 6.07) is 7.93. The summed E-state index contributed by atoms with van der Waals surface area (Å²) in [5, 5.41) is 6.09. The number of benzene rings is 1. The zero-order valence-electron chi connectivity index (χ0n) is 21.7. The molecule has 9 nitrogen and oxygen atoms in total. The molecule has 2 amide bonds. The molecule has 0 spiro atoms. The monoisotopic (exact) mass is 505 g/mol. The van der Waals surface area contributed by atoms with Gasteiger partial charge in [0, 0.05) is 23.8 Å². The van der Waals surface area contributed by atoms with Crippen molar-refractivity contribution in [2.24, 2.45) is 5.92 Å². The molecule has 2 fully saturated rings. The molecule has 9 heteroatoms. The quantitative estimate of drug-likeness (QED) is 0.417. The molecule has 3 N–H and O–H groups in total. The van der Waals surface area contributed by atoms with Gasteiger partial charge in [0.1, 0.15) is 28.9 Å². The molecule has 0 bridgehead atoms. The lowest BCUT2D eigenvalue weighted by Gasteiger charge is -2.30. The molecule has 2 aliphatic carbocycles. The molecule has 2 heterocycles. The van der Waals surface area contributed by atoms with E-state index < -0.39 is 11.7 Å². The molecular weight excluding hydrogens is 470 g/mol. The molecule has 0 unspecified atom stereocenters. The Balaban J connectivity index is 1.24. The highest BCUT2D eigenvalue weighted by Gasteiger charge is 2.27. The number of carbonyl (C=O) groups is 2. The fraction of sp³-hybridized carbons (Fsp3) is 0.500. The summed E-state index contributed by atoms with van der Waals surface area (Å²) in [5.74, 6) is 1.26. The average molecular weight is 506 g/mol. The van der Waals surface area contributed by atoms with Crippen molar-refractivity contribution in [3.05, 3.63) is 42.4 Å². The van der Waals surface area contributed by atoms with E-state index in [-0.39, 0.29) is 18.0 Å². The number of hydrogen-bond acceptors (Lipinski definition) is 6. The molecular formula is C28H35N5O4. The van der Waals surface area contributed by atoms with Gasteiger partial charge in [-0.3, -0.25) is 4.79 Å². The second-order valence-electron chi connectivity index (χ2n) is 11.1. The Bertz CT molecular complexity index is 1270. The first kappa shape index (κ1) is 25.0. The highest BCUT2D eigenvalue weighted by molar-refractivity contribution is 6.07. The van der Waals surface area contributed by atoms with Gasteiger partial charge in [0.05, 0.1) is 17.7 Å². The number of ether oxygens (including phenoxy) is 2. The summed E-state index contributed by atoms with van der Waals surface area (Å²) < 4.78 is 11.4. The van der Waals surface area contributed by atoms with Gasteiger partial charge in [-0.05, 0) is 77.3 Å². The molecule has 3 aromatic rings. The molecule has 0 radical (unpaired) electrons. The van der Waals surface area contributed by atoms with Gasteiger partial charge in [0.25, 0.3) is 5.91 Å². The van der Waals surface area contributed by atoms with Gasteiger partial charge < -0.3 is 25.1 Å². The van der Waals surface area contributed by atoms with Crippen LogP contribution in [0, 0.1) is 5.92 Å². The lowest BCUT2D eigenvalue weighted by molar-refractivity contribution is 0.0488. The maximum absolute atomic E-state index is 13.2. The fourth-order valence-corrected chi connectivity index (χ4v) is 4.72. The highest BCUT2D eigenvalue weighted by Crippen LogP contribution is 2.35. The Morgan fingerprint density at radius 1 is 1.00 bits per heavy atom. The summed E-state index contributed by atoms with van der Waals surface area (Å²) in [6.07, 6.45) is 8.35. The number of aromatic amines is 1. The number of rotatable bonds is 7. The maximum atomic E-state index is 13.2. The number of amides is 2. The van der Waals surface area contributed by atoms with Crippen molar-refractivity contribution in [1.82, 2.24) is 25.6 Å². The maximum Gasteiger partial charge on any atom is 0.407 e. The van der Waals surface area contributed by atoms with Crippen molar-refractivity contribution in [2.75, 3.05) is 6.61 Å². The fourth-order valence-electron chi connectivity index (χ4n) is 4.72. The molecule has 0 atom stereocenters. The van der Waals surface area contributed by atoms with Crippen LogP contribution in [-0.4, -0.2) is 51.2 Å². The van der Waals surface area contributed by atoms with Crippen LogP contribution < -0.4 is 15.4 Å². The number of alkyl carbamates (subject to hydrolysis) is 1. The summed E-state index contributed by atoms with van der Waals surface area (Å²) in [6.45, 7) is 6.25. The van der Waals surface area contributed by atoms with Crippen LogP contribution in [0.25, 0.3) is 22.3 Å². The normalized spacial score (nSPS) is 19.9. The second-order valence-corrected chi connectivity index (χ2v) is 11.1. The Morgan fingerprint density at radius 3 is 2.41 bits per heavy atom. The number of para-hydroxylation sites is 1. The Hall–Kier alpha value is -3.62. The van der Waals surface area contributed by atoms with Crippen molar-refractivity contribution in [2.45, 2.75) is 77.0 Å². The molecule has 2 aliphatic rings. The minimum atomic E-state index is -0.524. The molecule has 2 saturated carbocycles. The van der Waals surface area contributed by atoms with Crippen LogP contribution in [-0.2, 0) is 4.74 Å². The standard InChI is InChI=1S/C28H35N5O4/c1-28(2,3)37-27(35)33-19-12-10-18(11-13-19)32-26(34)21-14-29-25-23(30-16-31-24(21)25)20-6-4-5-7-22(20)36-15-17-8-9-17/h4-7,14,16-19,29H,8-13,15H2,1-3H3,(H,32,34)(H,33,35). The molecule has 1 aromatic carbocycles. The van der Waals surface area contributed by atoms with Crippen LogP contribution in [0.4, 0.5) is 4.79 Å². The third kappa shape index (κ3) is 6.21. The van der Waals surface area contributed by atoms with E-state index in [1.54, 1.807) is 6.20 Å². The number of aromatic nitrogens is 3. The van der Waals surface area contributed by atoms with E-state index in [0.717, 1.165) is 37.0 Å². The summed E-state index contributed by atoms with van der Waals surface area (Å²) in [7, 11) is 0. The second kappa shape index (κ2) is 10.4. The predicted molar refractivity (Wildman–Crippen MR) is 140 cm³/mol. The van der Waals surface area contributed by atoms with Gasteiger partial charge in [-0.25, -0.2) is 14.8 Å². The van der Waals surface area contributed by atoms with Gasteiger partial charge in [0.15, 0.2) is 0 Å². The number of H-pyrrole nitrogens is 1. The van der Waals surface area contributed by atoms with Gasteiger partial charge >= 0.3 is 6.09 Å². The Morgan fingerprint density at radius 2 is 1.70 bits per heavy atom. The summed E-state index contributed by atoms with van der Waals surface area (Å²) in [5.41, 5.74) is 2.84.